The molecule has 2 rings (SSSR count). The van der Waals surface area contributed by atoms with Crippen molar-refractivity contribution >= 4 is 11.9 Å². The first-order chi connectivity index (χ1) is 13.9. The van der Waals surface area contributed by atoms with Gasteiger partial charge in [0.25, 0.3) is 5.56 Å². The summed E-state index contributed by atoms with van der Waals surface area (Å²) in [5, 5.41) is 11.9. The highest BCUT2D eigenvalue weighted by Crippen LogP contribution is 2.15. The van der Waals surface area contributed by atoms with E-state index in [9.17, 15) is 14.4 Å². The third-order valence-electron chi connectivity index (χ3n) is 4.71. The molecule has 0 bridgehead atoms. The van der Waals surface area contributed by atoms with Gasteiger partial charge in [0.15, 0.2) is 0 Å². The Morgan fingerprint density at radius 1 is 1.24 bits per heavy atom. The molecule has 1 aromatic heterocycles. The quantitative estimate of drug-likeness (QED) is 0.665. The molecular weight excluding hydrogens is 370 g/mol. The Labute approximate surface area is 169 Å². The Kier molecular flexibility index (Phi) is 7.72. The van der Waals surface area contributed by atoms with Gasteiger partial charge in [-0.1, -0.05) is 30.3 Å². The maximum Gasteiger partial charge on any atom is 0.328 e. The minimum absolute atomic E-state index is 0.0551. The normalized spacial score (nSPS) is 11.4. The van der Waals surface area contributed by atoms with Gasteiger partial charge in [0.05, 0.1) is 6.61 Å². The van der Waals surface area contributed by atoms with E-state index in [1.807, 2.05) is 36.4 Å². The van der Waals surface area contributed by atoms with E-state index in [1.54, 1.807) is 20.8 Å². The highest BCUT2D eigenvalue weighted by molar-refractivity contribution is 5.84. The molecule has 1 amide bonds. The van der Waals surface area contributed by atoms with Crippen LogP contribution in [0.4, 0.5) is 0 Å². The SMILES string of the molecule is CCOC(=O)C(Cc1ccccc1)NC(=O)CCc1c(C)[nH]c(=O)c(C#N)c1C. The standard InChI is InChI=1S/C22H25N3O4/c1-4-29-22(28)19(12-16-8-6-5-7-9-16)25-20(26)11-10-17-14(2)18(13-23)21(27)24-15(17)3/h5-9,19H,4,10-12H2,1-3H3,(H,24,27)(H,25,26). The maximum atomic E-state index is 12.5. The number of nitriles is 1. The van der Waals surface area contributed by atoms with Crippen LogP contribution in [-0.2, 0) is 27.2 Å². The van der Waals surface area contributed by atoms with Crippen LogP contribution < -0.4 is 10.9 Å². The van der Waals surface area contributed by atoms with Crippen LogP contribution >= 0.6 is 0 Å². The fraction of sp³-hybridized carbons (Fsp3) is 0.364. The average molecular weight is 395 g/mol. The lowest BCUT2D eigenvalue weighted by molar-refractivity contribution is -0.147. The van der Waals surface area contributed by atoms with E-state index in [0.717, 1.165) is 11.1 Å². The van der Waals surface area contributed by atoms with Crippen molar-refractivity contribution in [2.75, 3.05) is 6.61 Å². The molecule has 7 heteroatoms. The molecule has 0 saturated carbocycles. The van der Waals surface area contributed by atoms with Gasteiger partial charge in [0, 0.05) is 18.5 Å². The highest BCUT2D eigenvalue weighted by Gasteiger charge is 2.23. The van der Waals surface area contributed by atoms with Gasteiger partial charge < -0.3 is 15.0 Å². The number of aryl methyl sites for hydroxylation is 1. The summed E-state index contributed by atoms with van der Waals surface area (Å²) in [5.41, 5.74) is 2.50. The molecular formula is C22H25N3O4. The van der Waals surface area contributed by atoms with Gasteiger partial charge in [-0.25, -0.2) is 4.79 Å². The Morgan fingerprint density at radius 3 is 2.55 bits per heavy atom. The molecule has 0 fully saturated rings. The summed E-state index contributed by atoms with van der Waals surface area (Å²) < 4.78 is 5.09. The Hall–Kier alpha value is -3.40. The summed E-state index contributed by atoms with van der Waals surface area (Å²) in [5.74, 6) is -0.782. The lowest BCUT2D eigenvalue weighted by atomic mass is 9.98. The van der Waals surface area contributed by atoms with Crippen molar-refractivity contribution in [2.45, 2.75) is 46.1 Å². The number of amides is 1. The number of aromatic nitrogens is 1. The number of aromatic amines is 1. The van der Waals surface area contributed by atoms with E-state index in [2.05, 4.69) is 10.3 Å². The number of carbonyl (C=O) groups is 2. The molecule has 0 saturated heterocycles. The number of hydrogen-bond acceptors (Lipinski definition) is 5. The first kappa shape index (κ1) is 21.9. The lowest BCUT2D eigenvalue weighted by Gasteiger charge is -2.18. The van der Waals surface area contributed by atoms with Crippen LogP contribution in [0.3, 0.4) is 0 Å². The summed E-state index contributed by atoms with van der Waals surface area (Å²) in [6.45, 7) is 5.38. The molecule has 0 radical (unpaired) electrons. The van der Waals surface area contributed by atoms with Crippen LogP contribution in [-0.4, -0.2) is 29.5 Å². The molecule has 1 unspecified atom stereocenters. The van der Waals surface area contributed by atoms with Crippen LogP contribution in [0.1, 0.15) is 41.3 Å². The van der Waals surface area contributed by atoms with Gasteiger partial charge in [-0.2, -0.15) is 5.26 Å². The minimum atomic E-state index is -0.780. The van der Waals surface area contributed by atoms with E-state index in [0.29, 0.717) is 24.1 Å². The monoisotopic (exact) mass is 395 g/mol. The summed E-state index contributed by atoms with van der Waals surface area (Å²) in [6.07, 6.45) is 0.792. The third kappa shape index (κ3) is 5.79. The van der Waals surface area contributed by atoms with Gasteiger partial charge >= 0.3 is 5.97 Å². The number of nitrogens with one attached hydrogen (secondary N) is 2. The predicted octanol–water partition coefficient (Wildman–Crippen LogP) is 2.09. The molecule has 0 aliphatic rings. The molecule has 0 aliphatic heterocycles. The minimum Gasteiger partial charge on any atom is -0.464 e. The number of nitrogens with zero attached hydrogens (tertiary/aromatic N) is 1. The van der Waals surface area contributed by atoms with Gasteiger partial charge in [-0.05, 0) is 43.9 Å². The van der Waals surface area contributed by atoms with Crippen molar-refractivity contribution in [3.8, 4) is 6.07 Å². The highest BCUT2D eigenvalue weighted by atomic mass is 16.5. The van der Waals surface area contributed by atoms with Crippen LogP contribution in [0.25, 0.3) is 0 Å². The fourth-order valence-electron chi connectivity index (χ4n) is 3.21. The Balaban J connectivity index is 2.10. The molecule has 2 aromatic rings. The molecule has 1 heterocycles. The van der Waals surface area contributed by atoms with Crippen LogP contribution in [0.2, 0.25) is 0 Å². The zero-order chi connectivity index (χ0) is 21.4. The number of benzene rings is 1. The van der Waals surface area contributed by atoms with Gasteiger partial charge in [0.2, 0.25) is 5.91 Å². The first-order valence-corrected chi connectivity index (χ1v) is 9.49. The Morgan fingerprint density at radius 2 is 1.93 bits per heavy atom. The number of rotatable bonds is 8. The number of esters is 1. The number of carbonyl (C=O) groups excluding carboxylic acids is 2. The number of H-pyrrole nitrogens is 1. The molecule has 1 atom stereocenters. The van der Waals surface area contributed by atoms with Gasteiger partial charge in [-0.3, -0.25) is 9.59 Å². The fourth-order valence-corrected chi connectivity index (χ4v) is 3.21. The molecule has 0 spiro atoms. The smallest absolute Gasteiger partial charge is 0.328 e. The largest absolute Gasteiger partial charge is 0.464 e. The predicted molar refractivity (Wildman–Crippen MR) is 108 cm³/mol. The first-order valence-electron chi connectivity index (χ1n) is 9.49. The second-order valence-corrected chi connectivity index (χ2v) is 6.73. The van der Waals surface area contributed by atoms with Crippen molar-refractivity contribution in [3.05, 3.63) is 68.6 Å². The Bertz CT molecular complexity index is 974. The molecule has 1 aromatic carbocycles. The molecule has 2 N–H and O–H groups in total. The third-order valence-corrected chi connectivity index (χ3v) is 4.71. The van der Waals surface area contributed by atoms with E-state index in [-0.39, 0.29) is 24.5 Å². The zero-order valence-electron chi connectivity index (χ0n) is 16.9. The number of ether oxygens (including phenoxy) is 1. The molecule has 7 nitrogen and oxygen atoms in total. The zero-order valence-corrected chi connectivity index (χ0v) is 16.9. The van der Waals surface area contributed by atoms with Crippen molar-refractivity contribution in [3.63, 3.8) is 0 Å². The second kappa shape index (κ2) is 10.2. The van der Waals surface area contributed by atoms with Crippen molar-refractivity contribution < 1.29 is 14.3 Å². The van der Waals surface area contributed by atoms with Crippen LogP contribution in [0, 0.1) is 25.2 Å². The van der Waals surface area contributed by atoms with E-state index in [1.165, 1.54) is 0 Å². The maximum absolute atomic E-state index is 12.5. The molecule has 152 valence electrons. The van der Waals surface area contributed by atoms with Gasteiger partial charge in [-0.15, -0.1) is 0 Å². The summed E-state index contributed by atoms with van der Waals surface area (Å²) >= 11 is 0. The van der Waals surface area contributed by atoms with Gasteiger partial charge in [0.1, 0.15) is 17.7 Å². The van der Waals surface area contributed by atoms with Crippen molar-refractivity contribution in [2.24, 2.45) is 0 Å². The topological polar surface area (TPSA) is 112 Å². The van der Waals surface area contributed by atoms with Crippen molar-refractivity contribution in [1.29, 1.82) is 5.26 Å². The van der Waals surface area contributed by atoms with E-state index in [4.69, 9.17) is 10.00 Å². The number of hydrogen-bond donors (Lipinski definition) is 2. The average Bonchev–Trinajstić information content (AvgIpc) is 2.68. The summed E-state index contributed by atoms with van der Waals surface area (Å²) in [4.78, 5) is 39.3. The second-order valence-electron chi connectivity index (χ2n) is 6.73. The van der Waals surface area contributed by atoms with E-state index >= 15 is 0 Å². The number of pyridine rings is 1. The van der Waals surface area contributed by atoms with Crippen LogP contribution in [0.5, 0.6) is 0 Å². The summed E-state index contributed by atoms with van der Waals surface area (Å²) in [7, 11) is 0. The summed E-state index contributed by atoms with van der Waals surface area (Å²) in [6, 6.07) is 10.5. The molecule has 29 heavy (non-hydrogen) atoms. The molecule has 0 aliphatic carbocycles. The van der Waals surface area contributed by atoms with Crippen molar-refractivity contribution in [1.82, 2.24) is 10.3 Å². The van der Waals surface area contributed by atoms with E-state index < -0.39 is 17.6 Å². The lowest BCUT2D eigenvalue weighted by Crippen LogP contribution is -2.43. The van der Waals surface area contributed by atoms with Crippen LogP contribution in [0.15, 0.2) is 35.1 Å².